The predicted octanol–water partition coefficient (Wildman–Crippen LogP) is 16.3. The number of rotatable bonds is 5. The Morgan fingerprint density at radius 3 is 1.38 bits per heavy atom. The summed E-state index contributed by atoms with van der Waals surface area (Å²) in [5.41, 5.74) is -0.234. The molecule has 0 bridgehead atoms. The van der Waals surface area contributed by atoms with Crippen LogP contribution in [-0.4, -0.2) is 57.0 Å². The Labute approximate surface area is 506 Å². The molecule has 10 nitrogen and oxygen atoms in total. The number of carboxylic acids is 1. The van der Waals surface area contributed by atoms with Crippen LogP contribution in [0.5, 0.6) is 11.5 Å². The highest BCUT2D eigenvalue weighted by Crippen LogP contribution is 2.78. The van der Waals surface area contributed by atoms with Crippen LogP contribution in [0.2, 0.25) is 0 Å². The Hall–Kier alpha value is -4.41. The normalized spacial score (nSPS) is 46.2. The van der Waals surface area contributed by atoms with Crippen LogP contribution in [0.4, 0.5) is 0 Å². The molecule has 0 saturated heterocycles. The lowest BCUT2D eigenvalue weighted by atomic mass is 9.33. The number of aliphatic hydroxyl groups is 2. The van der Waals surface area contributed by atoms with Gasteiger partial charge in [0.1, 0.15) is 11.5 Å². The second kappa shape index (κ2) is 18.6. The van der Waals surface area contributed by atoms with Crippen molar-refractivity contribution in [2.24, 2.45) is 100 Å². The van der Waals surface area contributed by atoms with E-state index in [9.17, 15) is 24.9 Å². The summed E-state index contributed by atoms with van der Waals surface area (Å²) >= 11 is 0. The number of hydrogen-bond donors (Lipinski definition) is 3. The third kappa shape index (κ3) is 7.82. The number of carbonyl (C=O) groups is 5. The summed E-state index contributed by atoms with van der Waals surface area (Å²) in [6, 6.07) is 6.82. The highest BCUT2D eigenvalue weighted by molar-refractivity contribution is 6.31. The van der Waals surface area contributed by atoms with Crippen LogP contribution in [-0.2, 0) is 9.59 Å². The SMILES string of the molecule is CC1(C)CC[C@]2(C)CC[C@]3(C)C(=CC[C@@H]4[C@@]5(C)CC[C@@H](O)[C@](C)(C(=O)Oc6cccc7c6C(=O)c6c(OC(=O)[C@@]8(C)[C@H](O)CC[C@@]9(C)[C@H]8CC[C@]8(C)[C@@H]9CC=C9[C@@H]%10CC(C)(C)CC[C@]%10(C)CC[C@]98C)cc(C(=O)O)cc6C7=O)[C@@H]5CC[C@]43C)[C@@H]2C1. The molecule has 11 aliphatic carbocycles. The average Bonchev–Trinajstić information content (AvgIpc) is 0.694. The van der Waals surface area contributed by atoms with Gasteiger partial charge in [0.05, 0.1) is 39.7 Å². The maximum Gasteiger partial charge on any atom is 0.335 e. The largest absolute Gasteiger partial charge is 0.478 e. The minimum absolute atomic E-state index is 0.00629. The Bertz CT molecular complexity index is 3330. The first-order chi connectivity index (χ1) is 39.5. The molecular weight excluding hydrogens is 1060 g/mol. The zero-order chi connectivity index (χ0) is 61.2. The summed E-state index contributed by atoms with van der Waals surface area (Å²) in [5.74, 6) is -3.75. The van der Waals surface area contributed by atoms with E-state index in [2.05, 4.69) is 95.2 Å². The molecule has 18 atom stereocenters. The van der Waals surface area contributed by atoms with Gasteiger partial charge >= 0.3 is 17.9 Å². The summed E-state index contributed by atoms with van der Waals surface area (Å²) in [5, 5.41) is 35.1. The topological polar surface area (TPSA) is 164 Å². The number of carbonyl (C=O) groups excluding carboxylic acids is 4. The molecular formula is C75H100O10. The fourth-order valence-electron chi connectivity index (χ4n) is 23.9. The Balaban J connectivity index is 0.801. The van der Waals surface area contributed by atoms with E-state index < -0.39 is 52.5 Å². The molecule has 0 unspecified atom stereocenters. The third-order valence-corrected chi connectivity index (χ3v) is 30.0. The molecule has 0 aromatic heterocycles. The molecule has 8 saturated carbocycles. The lowest BCUT2D eigenvalue weighted by Gasteiger charge is -2.71. The molecule has 10 heteroatoms. The van der Waals surface area contributed by atoms with Crippen molar-refractivity contribution in [2.75, 3.05) is 0 Å². The van der Waals surface area contributed by atoms with Crippen LogP contribution in [0.3, 0.4) is 0 Å². The molecule has 0 spiro atoms. The highest BCUT2D eigenvalue weighted by atomic mass is 16.5. The summed E-state index contributed by atoms with van der Waals surface area (Å²) in [4.78, 5) is 74.3. The number of aromatic carboxylic acids is 1. The van der Waals surface area contributed by atoms with E-state index in [1.54, 1.807) is 24.1 Å². The molecule has 8 fully saturated rings. The smallest absolute Gasteiger partial charge is 0.335 e. The second-order valence-corrected chi connectivity index (χ2v) is 34.7. The first kappa shape index (κ1) is 59.5. The van der Waals surface area contributed by atoms with Gasteiger partial charge in [0, 0.05) is 11.1 Å². The van der Waals surface area contributed by atoms with Crippen molar-refractivity contribution < 1.29 is 48.8 Å². The molecule has 2 aromatic rings. The van der Waals surface area contributed by atoms with Gasteiger partial charge in [-0.05, 0) is 250 Å². The van der Waals surface area contributed by atoms with E-state index in [-0.39, 0.29) is 101 Å². The van der Waals surface area contributed by atoms with Crippen LogP contribution in [0.1, 0.15) is 268 Å². The number of fused-ring (bicyclic) bond motifs is 16. The standard InChI is InChI=1S/C75H100O10/c1-64(2)30-32-66(5)34-36-70(9)45(47(66)40-64)18-20-51-68(7)26-24-55(76)74(13,53(68)22-28-72(51,70)11)62(82)84-49-17-15-16-43-57(49)60(79)58-44(59(43)78)38-42(61(80)81)39-50(58)85-63(83)75(14)54-23-29-73(12)52(69(54,8)27-25-56(75)77)21-19-46-48-41-65(3,4)31-33-67(48,6)35-37-71(46,73)10/h15-19,38-39,47-48,51-56,76-77H,20-37,40-41H2,1-14H3,(H,80,81)/t47-,48-,51+,52+,53+,54+,55+,56+,66+,67+,68+,69+,70+,71+,72+,73+,74+,75+/m0/s1. The fourth-order valence-corrected chi connectivity index (χ4v) is 23.9. The van der Waals surface area contributed by atoms with Crippen LogP contribution >= 0.6 is 0 Å². The maximum atomic E-state index is 15.5. The number of carboxylic acid groups (broad SMARTS) is 1. The zero-order valence-electron chi connectivity index (χ0n) is 54.0. The Morgan fingerprint density at radius 1 is 0.482 bits per heavy atom. The lowest BCUT2D eigenvalue weighted by molar-refractivity contribution is -0.215. The van der Waals surface area contributed by atoms with E-state index in [0.29, 0.717) is 47.3 Å². The second-order valence-electron chi connectivity index (χ2n) is 34.7. The minimum atomic E-state index is -1.45. The van der Waals surface area contributed by atoms with E-state index in [4.69, 9.17) is 9.47 Å². The van der Waals surface area contributed by atoms with Crippen molar-refractivity contribution in [3.8, 4) is 11.5 Å². The van der Waals surface area contributed by atoms with Crippen LogP contribution < -0.4 is 9.47 Å². The molecule has 11 aliphatic rings. The van der Waals surface area contributed by atoms with Crippen LogP contribution in [0.25, 0.3) is 0 Å². The van der Waals surface area contributed by atoms with Crippen LogP contribution in [0.15, 0.2) is 53.6 Å². The van der Waals surface area contributed by atoms with Gasteiger partial charge in [-0.25, -0.2) is 4.79 Å². The summed E-state index contributed by atoms with van der Waals surface area (Å²) < 4.78 is 13.0. The minimum Gasteiger partial charge on any atom is -0.478 e. The maximum absolute atomic E-state index is 15.5. The van der Waals surface area contributed by atoms with Gasteiger partial charge in [0.25, 0.3) is 0 Å². The number of benzene rings is 2. The molecule has 3 N–H and O–H groups in total. The summed E-state index contributed by atoms with van der Waals surface area (Å²) in [6.07, 6.45) is 22.5. The number of ether oxygens (including phenoxy) is 2. The molecule has 0 radical (unpaired) electrons. The Kier molecular flexibility index (Phi) is 13.0. The first-order valence-electron chi connectivity index (χ1n) is 33.4. The molecule has 13 rings (SSSR count). The van der Waals surface area contributed by atoms with E-state index >= 15 is 14.4 Å². The lowest BCUT2D eigenvalue weighted by Crippen LogP contribution is -2.66. The predicted molar refractivity (Wildman–Crippen MR) is 328 cm³/mol. The van der Waals surface area contributed by atoms with Gasteiger partial charge in [0.2, 0.25) is 5.78 Å². The third-order valence-electron chi connectivity index (χ3n) is 30.0. The number of ketones is 2. The van der Waals surface area contributed by atoms with E-state index in [1.807, 2.05) is 6.92 Å². The molecule has 85 heavy (non-hydrogen) atoms. The fraction of sp³-hybridized carbons (Fsp3) is 0.720. The molecule has 2 aromatic carbocycles. The quantitative estimate of drug-likeness (QED) is 0.127. The van der Waals surface area contributed by atoms with Gasteiger partial charge in [0.15, 0.2) is 5.78 Å². The molecule has 0 aliphatic heterocycles. The summed E-state index contributed by atoms with van der Waals surface area (Å²) in [6.45, 7) is 33.3. The number of allylic oxidation sites excluding steroid dienone is 4. The average molecular weight is 1160 g/mol. The highest BCUT2D eigenvalue weighted by Gasteiger charge is 2.72. The first-order valence-corrected chi connectivity index (χ1v) is 33.4. The summed E-state index contributed by atoms with van der Waals surface area (Å²) in [7, 11) is 0. The Morgan fingerprint density at radius 2 is 0.918 bits per heavy atom. The van der Waals surface area contributed by atoms with Crippen molar-refractivity contribution >= 4 is 29.5 Å². The van der Waals surface area contributed by atoms with Gasteiger partial charge < -0.3 is 24.8 Å². The van der Waals surface area contributed by atoms with Gasteiger partial charge in [-0.1, -0.05) is 119 Å². The van der Waals surface area contributed by atoms with Gasteiger partial charge in [-0.2, -0.15) is 0 Å². The van der Waals surface area contributed by atoms with E-state index in [1.165, 1.54) is 63.5 Å². The number of hydrogen-bond acceptors (Lipinski definition) is 9. The van der Waals surface area contributed by atoms with Crippen molar-refractivity contribution in [1.82, 2.24) is 0 Å². The van der Waals surface area contributed by atoms with Gasteiger partial charge in [-0.15, -0.1) is 0 Å². The van der Waals surface area contributed by atoms with Crippen molar-refractivity contribution in [3.63, 3.8) is 0 Å². The molecule has 460 valence electrons. The zero-order valence-corrected chi connectivity index (χ0v) is 54.0. The van der Waals surface area contributed by atoms with Crippen LogP contribution in [0, 0.1) is 100 Å². The number of esters is 2. The van der Waals surface area contributed by atoms with Crippen molar-refractivity contribution in [3.05, 3.63) is 81.4 Å². The molecule has 0 heterocycles. The monoisotopic (exact) mass is 1160 g/mol. The molecule has 0 amide bonds. The van der Waals surface area contributed by atoms with Gasteiger partial charge in [-0.3, -0.25) is 19.2 Å². The van der Waals surface area contributed by atoms with Crippen molar-refractivity contribution in [1.29, 1.82) is 0 Å². The number of aliphatic hydroxyl groups excluding tert-OH is 2. The van der Waals surface area contributed by atoms with E-state index in [0.717, 1.165) is 69.9 Å². The van der Waals surface area contributed by atoms with Crippen molar-refractivity contribution in [2.45, 2.75) is 238 Å².